The molecule has 0 amide bonds. The molecule has 8 aromatic carbocycles. The van der Waals surface area contributed by atoms with Crippen molar-refractivity contribution >= 4 is 85.8 Å². The monoisotopic (exact) mass is 616 g/mol. The summed E-state index contributed by atoms with van der Waals surface area (Å²) in [5.41, 5.74) is 4.88. The molecule has 47 heavy (non-hydrogen) atoms. The maximum atomic E-state index is 2.44. The van der Waals surface area contributed by atoms with Gasteiger partial charge in [-0.1, -0.05) is 169 Å². The third-order valence-corrected chi connectivity index (χ3v) is 13.2. The standard InChI is InChI=1S/C46H36Si/c1-47(2,45-23-17-33(18-24-45)11-13-35-15-21-41-29-37-7-3-5-9-39(37)31-43(41)27-35)46-25-19-34(20-26-46)12-14-36-16-22-42-30-38-8-4-6-10-40(38)32-44(42)28-36/h3-32H,1-2H3. The van der Waals surface area contributed by atoms with Gasteiger partial charge in [-0.25, -0.2) is 0 Å². The van der Waals surface area contributed by atoms with Crippen LogP contribution in [0, 0.1) is 0 Å². The summed E-state index contributed by atoms with van der Waals surface area (Å²) in [5.74, 6) is 0. The van der Waals surface area contributed by atoms with Gasteiger partial charge >= 0.3 is 0 Å². The molecule has 0 saturated heterocycles. The summed E-state index contributed by atoms with van der Waals surface area (Å²) in [4.78, 5) is 0. The van der Waals surface area contributed by atoms with Crippen LogP contribution in [0.3, 0.4) is 0 Å². The molecule has 0 bridgehead atoms. The molecule has 0 unspecified atom stereocenters. The van der Waals surface area contributed by atoms with Gasteiger partial charge in [-0.3, -0.25) is 0 Å². The van der Waals surface area contributed by atoms with Gasteiger partial charge in [0, 0.05) is 0 Å². The first kappa shape index (κ1) is 28.9. The molecule has 0 radical (unpaired) electrons. The topological polar surface area (TPSA) is 0 Å². The van der Waals surface area contributed by atoms with Crippen molar-refractivity contribution in [3.63, 3.8) is 0 Å². The minimum absolute atomic E-state index is 1.22. The second kappa shape index (κ2) is 12.0. The van der Waals surface area contributed by atoms with Crippen molar-refractivity contribution in [1.82, 2.24) is 0 Å². The van der Waals surface area contributed by atoms with Crippen molar-refractivity contribution in [2.75, 3.05) is 0 Å². The smallest absolute Gasteiger partial charge is 0.0620 e. The first-order valence-corrected chi connectivity index (χ1v) is 19.4. The molecule has 0 nitrogen and oxygen atoms in total. The molecule has 224 valence electrons. The number of hydrogen-bond acceptors (Lipinski definition) is 0. The summed E-state index contributed by atoms with van der Waals surface area (Å²) in [6.07, 6.45) is 8.88. The van der Waals surface area contributed by atoms with Gasteiger partial charge in [0.2, 0.25) is 0 Å². The Hall–Kier alpha value is -5.50. The molecule has 0 fully saturated rings. The zero-order chi connectivity index (χ0) is 31.8. The molecule has 8 aromatic rings. The third-order valence-electron chi connectivity index (χ3n) is 9.66. The Morgan fingerprint density at radius 2 is 0.596 bits per heavy atom. The van der Waals surface area contributed by atoms with Crippen molar-refractivity contribution in [3.8, 4) is 0 Å². The molecule has 0 spiro atoms. The molecule has 8 rings (SSSR count). The summed E-state index contributed by atoms with van der Waals surface area (Å²) in [6.45, 7) is 4.89. The summed E-state index contributed by atoms with van der Waals surface area (Å²) < 4.78 is 0. The van der Waals surface area contributed by atoms with Crippen LogP contribution in [0.25, 0.3) is 67.4 Å². The molecule has 0 aromatic heterocycles. The number of benzene rings is 8. The van der Waals surface area contributed by atoms with E-state index in [1.165, 1.54) is 75.7 Å². The highest BCUT2D eigenvalue weighted by Crippen LogP contribution is 2.26. The average Bonchev–Trinajstić information content (AvgIpc) is 3.11. The third kappa shape index (κ3) is 5.94. The fourth-order valence-electron chi connectivity index (χ4n) is 6.70. The van der Waals surface area contributed by atoms with E-state index in [0.29, 0.717) is 0 Å². The number of rotatable bonds is 6. The van der Waals surface area contributed by atoms with E-state index < -0.39 is 8.07 Å². The molecule has 0 heterocycles. The molecule has 0 aliphatic carbocycles. The Morgan fingerprint density at radius 3 is 0.979 bits per heavy atom. The minimum atomic E-state index is -1.83. The van der Waals surface area contributed by atoms with Crippen molar-refractivity contribution in [3.05, 3.63) is 180 Å². The van der Waals surface area contributed by atoms with Crippen molar-refractivity contribution in [1.29, 1.82) is 0 Å². The van der Waals surface area contributed by atoms with E-state index in [2.05, 4.69) is 195 Å². The lowest BCUT2D eigenvalue weighted by Gasteiger charge is -2.24. The van der Waals surface area contributed by atoms with Crippen molar-refractivity contribution in [2.24, 2.45) is 0 Å². The van der Waals surface area contributed by atoms with Crippen molar-refractivity contribution in [2.45, 2.75) is 13.1 Å². The number of hydrogen-bond donors (Lipinski definition) is 0. The number of fused-ring (bicyclic) bond motifs is 4. The Labute approximate surface area is 278 Å². The van der Waals surface area contributed by atoms with Crippen LogP contribution in [0.2, 0.25) is 13.1 Å². The zero-order valence-electron chi connectivity index (χ0n) is 26.8. The summed E-state index contributed by atoms with van der Waals surface area (Å²) in [6, 6.07) is 58.1. The fraction of sp³-hybridized carbons (Fsp3) is 0.0435. The van der Waals surface area contributed by atoms with Crippen LogP contribution in [-0.2, 0) is 0 Å². The lowest BCUT2D eigenvalue weighted by Crippen LogP contribution is -2.52. The summed E-state index contributed by atoms with van der Waals surface area (Å²) in [5, 5.41) is 13.1. The normalized spacial score (nSPS) is 12.3. The SMILES string of the molecule is C[Si](C)(c1ccc(C=Cc2ccc3cc4ccccc4cc3c2)cc1)c1ccc(C=Cc2ccc3cc4ccccc4cc3c2)cc1. The van der Waals surface area contributed by atoms with E-state index in [0.717, 1.165) is 0 Å². The summed E-state index contributed by atoms with van der Waals surface area (Å²) in [7, 11) is -1.83. The molecule has 0 aliphatic heterocycles. The molecule has 0 saturated carbocycles. The Kier molecular flexibility index (Phi) is 7.40. The van der Waals surface area contributed by atoms with Crippen LogP contribution in [0.1, 0.15) is 22.3 Å². The van der Waals surface area contributed by atoms with E-state index in [9.17, 15) is 0 Å². The largest absolute Gasteiger partial charge is 0.112 e. The van der Waals surface area contributed by atoms with Crippen LogP contribution in [-0.4, -0.2) is 8.07 Å². The van der Waals surface area contributed by atoms with Crippen molar-refractivity contribution < 1.29 is 0 Å². The second-order valence-electron chi connectivity index (χ2n) is 13.1. The fourth-order valence-corrected chi connectivity index (χ4v) is 9.03. The Morgan fingerprint density at radius 1 is 0.298 bits per heavy atom. The maximum Gasteiger partial charge on any atom is 0.112 e. The van der Waals surface area contributed by atoms with E-state index in [4.69, 9.17) is 0 Å². The molecule has 0 atom stereocenters. The van der Waals surface area contributed by atoms with Crippen LogP contribution < -0.4 is 10.4 Å². The molecule has 1 heteroatoms. The quantitative estimate of drug-likeness (QED) is 0.0990. The first-order chi connectivity index (χ1) is 23.0. The minimum Gasteiger partial charge on any atom is -0.0620 e. The van der Waals surface area contributed by atoms with Gasteiger partial charge in [0.1, 0.15) is 8.07 Å². The lowest BCUT2D eigenvalue weighted by atomic mass is 10.0. The second-order valence-corrected chi connectivity index (χ2v) is 17.6. The highest BCUT2D eigenvalue weighted by molar-refractivity contribution is 7.00. The Bertz CT molecular complexity index is 2290. The van der Waals surface area contributed by atoms with E-state index in [1.807, 2.05) is 0 Å². The molecular weight excluding hydrogens is 581 g/mol. The van der Waals surface area contributed by atoms with Crippen LogP contribution >= 0.6 is 0 Å². The van der Waals surface area contributed by atoms with Gasteiger partial charge in [-0.05, 0) is 102 Å². The van der Waals surface area contributed by atoms with E-state index in [-0.39, 0.29) is 0 Å². The van der Waals surface area contributed by atoms with Gasteiger partial charge in [-0.2, -0.15) is 0 Å². The molecule has 0 aliphatic rings. The average molecular weight is 617 g/mol. The van der Waals surface area contributed by atoms with Crippen LogP contribution in [0.15, 0.2) is 158 Å². The zero-order valence-corrected chi connectivity index (χ0v) is 27.8. The Balaban J connectivity index is 0.959. The highest BCUT2D eigenvalue weighted by atomic mass is 28.3. The van der Waals surface area contributed by atoms with Gasteiger partial charge in [-0.15, -0.1) is 0 Å². The van der Waals surface area contributed by atoms with E-state index >= 15 is 0 Å². The van der Waals surface area contributed by atoms with Crippen LogP contribution in [0.4, 0.5) is 0 Å². The first-order valence-electron chi connectivity index (χ1n) is 16.4. The van der Waals surface area contributed by atoms with Gasteiger partial charge in [0.15, 0.2) is 0 Å². The predicted molar refractivity (Wildman–Crippen MR) is 210 cm³/mol. The highest BCUT2D eigenvalue weighted by Gasteiger charge is 2.25. The lowest BCUT2D eigenvalue weighted by molar-refractivity contribution is 1.63. The van der Waals surface area contributed by atoms with Gasteiger partial charge < -0.3 is 0 Å². The predicted octanol–water partition coefficient (Wildman–Crippen LogP) is 11.5. The summed E-state index contributed by atoms with van der Waals surface area (Å²) >= 11 is 0. The maximum absolute atomic E-state index is 2.44. The molecular formula is C46H36Si. The molecule has 0 N–H and O–H groups in total. The van der Waals surface area contributed by atoms with E-state index in [1.54, 1.807) is 0 Å². The van der Waals surface area contributed by atoms with Gasteiger partial charge in [0.25, 0.3) is 0 Å². The van der Waals surface area contributed by atoms with Crippen LogP contribution in [0.5, 0.6) is 0 Å². The van der Waals surface area contributed by atoms with Gasteiger partial charge in [0.05, 0.1) is 0 Å².